The van der Waals surface area contributed by atoms with Crippen LogP contribution in [0, 0.1) is 11.3 Å². The third-order valence-electron chi connectivity index (χ3n) is 7.48. The van der Waals surface area contributed by atoms with Crippen molar-refractivity contribution in [3.05, 3.63) is 127 Å². The molecule has 5 aromatic carbocycles. The lowest BCUT2D eigenvalue weighted by molar-refractivity contribution is 0.668. The molecule has 0 bridgehead atoms. The first kappa shape index (κ1) is 22.3. The first-order valence-electron chi connectivity index (χ1n) is 13.1. The zero-order valence-corrected chi connectivity index (χ0v) is 21.2. The Hall–Kier alpha value is -5.73. The standard InChI is InChI=1S/C35H20N4O/c36-21-23-12-8-15-26-27-16-9-17-28(34(27)40-33(23)26)30-20-29(22-10-2-1-3-11-22)37-35(38-30)39-31-18-6-4-13-24(31)25-14-5-7-19-32(25)39/h1-20H. The Labute approximate surface area is 229 Å². The van der Waals surface area contributed by atoms with Gasteiger partial charge in [0, 0.05) is 32.7 Å². The van der Waals surface area contributed by atoms with Crippen LogP contribution in [-0.2, 0) is 0 Å². The van der Waals surface area contributed by atoms with E-state index in [0.717, 1.165) is 55.1 Å². The second-order valence-electron chi connectivity index (χ2n) is 9.75. The molecule has 0 radical (unpaired) electrons. The molecule has 5 nitrogen and oxygen atoms in total. The number of hydrogen-bond donors (Lipinski definition) is 0. The van der Waals surface area contributed by atoms with E-state index in [1.54, 1.807) is 6.07 Å². The predicted molar refractivity (Wildman–Crippen MR) is 159 cm³/mol. The highest BCUT2D eigenvalue weighted by Crippen LogP contribution is 2.38. The van der Waals surface area contributed by atoms with Crippen molar-refractivity contribution in [1.82, 2.24) is 14.5 Å². The predicted octanol–water partition coefficient (Wildman–Crippen LogP) is 8.68. The first-order valence-corrected chi connectivity index (χ1v) is 13.1. The van der Waals surface area contributed by atoms with Gasteiger partial charge in [0.25, 0.3) is 0 Å². The molecule has 0 fully saturated rings. The van der Waals surface area contributed by atoms with Gasteiger partial charge in [0.05, 0.1) is 28.0 Å². The summed E-state index contributed by atoms with van der Waals surface area (Å²) in [5, 5.41) is 13.9. The van der Waals surface area contributed by atoms with Gasteiger partial charge in [0.15, 0.2) is 5.58 Å². The lowest BCUT2D eigenvalue weighted by Gasteiger charge is -2.12. The number of hydrogen-bond acceptors (Lipinski definition) is 4. The number of rotatable bonds is 3. The smallest absolute Gasteiger partial charge is 0.235 e. The Bertz CT molecular complexity index is 2230. The molecule has 3 heterocycles. The number of nitrogens with zero attached hydrogens (tertiary/aromatic N) is 4. The molecule has 8 rings (SSSR count). The highest BCUT2D eigenvalue weighted by Gasteiger charge is 2.19. The van der Waals surface area contributed by atoms with Gasteiger partial charge in [-0.3, -0.25) is 4.57 Å². The van der Waals surface area contributed by atoms with Crippen LogP contribution < -0.4 is 0 Å². The van der Waals surface area contributed by atoms with Crippen LogP contribution in [0.25, 0.3) is 72.2 Å². The molecule has 0 aliphatic rings. The summed E-state index contributed by atoms with van der Waals surface area (Å²) in [6.45, 7) is 0. The molecule has 186 valence electrons. The van der Waals surface area contributed by atoms with Crippen molar-refractivity contribution in [3.63, 3.8) is 0 Å². The molecule has 0 amide bonds. The molecule has 40 heavy (non-hydrogen) atoms. The summed E-state index contributed by atoms with van der Waals surface area (Å²) in [6.07, 6.45) is 0. The third-order valence-corrected chi connectivity index (χ3v) is 7.48. The molecule has 0 saturated carbocycles. The lowest BCUT2D eigenvalue weighted by Crippen LogP contribution is -2.04. The largest absolute Gasteiger partial charge is 0.454 e. The zero-order valence-electron chi connectivity index (χ0n) is 21.2. The van der Waals surface area contributed by atoms with E-state index in [-0.39, 0.29) is 0 Å². The molecule has 0 aliphatic carbocycles. The molecule has 0 atom stereocenters. The van der Waals surface area contributed by atoms with Gasteiger partial charge in [-0.2, -0.15) is 5.26 Å². The molecule has 0 unspecified atom stereocenters. The van der Waals surface area contributed by atoms with Crippen LogP contribution in [0.1, 0.15) is 5.56 Å². The number of benzene rings is 5. The van der Waals surface area contributed by atoms with Gasteiger partial charge in [0.2, 0.25) is 5.95 Å². The number of aromatic nitrogens is 3. The monoisotopic (exact) mass is 512 g/mol. The van der Waals surface area contributed by atoms with Crippen molar-refractivity contribution >= 4 is 43.7 Å². The number of furan rings is 1. The fourth-order valence-corrected chi connectivity index (χ4v) is 5.68. The van der Waals surface area contributed by atoms with E-state index in [2.05, 4.69) is 59.2 Å². The van der Waals surface area contributed by atoms with Crippen LogP contribution in [0.5, 0.6) is 0 Å². The SMILES string of the molecule is N#Cc1cccc2c1oc1c(-c3cc(-c4ccccc4)nc(-n4c5ccccc5c5ccccc54)n3)cccc12. The highest BCUT2D eigenvalue weighted by atomic mass is 16.3. The summed E-state index contributed by atoms with van der Waals surface area (Å²) in [4.78, 5) is 10.3. The normalized spacial score (nSPS) is 11.5. The van der Waals surface area contributed by atoms with E-state index in [9.17, 15) is 5.26 Å². The minimum atomic E-state index is 0.512. The average Bonchev–Trinajstić information content (AvgIpc) is 3.57. The zero-order chi connectivity index (χ0) is 26.6. The maximum absolute atomic E-state index is 9.69. The Kier molecular flexibility index (Phi) is 4.82. The van der Waals surface area contributed by atoms with Gasteiger partial charge >= 0.3 is 0 Å². The lowest BCUT2D eigenvalue weighted by atomic mass is 10.0. The van der Waals surface area contributed by atoms with Crippen LogP contribution in [0.2, 0.25) is 0 Å². The van der Waals surface area contributed by atoms with Crippen molar-refractivity contribution in [2.24, 2.45) is 0 Å². The summed E-state index contributed by atoms with van der Waals surface area (Å²) < 4.78 is 8.52. The fourth-order valence-electron chi connectivity index (χ4n) is 5.68. The number of nitriles is 1. The maximum Gasteiger partial charge on any atom is 0.235 e. The van der Waals surface area contributed by atoms with Crippen molar-refractivity contribution < 1.29 is 4.42 Å². The van der Waals surface area contributed by atoms with Crippen LogP contribution in [0.3, 0.4) is 0 Å². The quantitative estimate of drug-likeness (QED) is 0.237. The Morgan fingerprint density at radius 3 is 1.90 bits per heavy atom. The van der Waals surface area contributed by atoms with Crippen LogP contribution in [0.4, 0.5) is 0 Å². The molecular weight excluding hydrogens is 492 g/mol. The minimum Gasteiger partial charge on any atom is -0.454 e. The second-order valence-corrected chi connectivity index (χ2v) is 9.75. The Balaban J connectivity index is 1.47. The highest BCUT2D eigenvalue weighted by molar-refractivity contribution is 6.11. The topological polar surface area (TPSA) is 67.6 Å². The van der Waals surface area contributed by atoms with Crippen molar-refractivity contribution in [2.75, 3.05) is 0 Å². The van der Waals surface area contributed by atoms with Gasteiger partial charge in [-0.25, -0.2) is 9.97 Å². The van der Waals surface area contributed by atoms with E-state index < -0.39 is 0 Å². The number of fused-ring (bicyclic) bond motifs is 6. The molecule has 0 saturated heterocycles. The molecule has 5 heteroatoms. The maximum atomic E-state index is 9.69. The average molecular weight is 513 g/mol. The second kappa shape index (κ2) is 8.65. The van der Waals surface area contributed by atoms with Gasteiger partial charge in [0.1, 0.15) is 11.7 Å². The van der Waals surface area contributed by atoms with E-state index in [1.165, 1.54) is 0 Å². The van der Waals surface area contributed by atoms with Crippen molar-refractivity contribution in [2.45, 2.75) is 0 Å². The van der Waals surface area contributed by atoms with E-state index >= 15 is 0 Å². The fraction of sp³-hybridized carbons (Fsp3) is 0. The van der Waals surface area contributed by atoms with Crippen molar-refractivity contribution in [3.8, 4) is 34.5 Å². The number of para-hydroxylation sites is 4. The van der Waals surface area contributed by atoms with Gasteiger partial charge in [-0.05, 0) is 30.3 Å². The van der Waals surface area contributed by atoms with Gasteiger partial charge < -0.3 is 4.42 Å². The van der Waals surface area contributed by atoms with Gasteiger partial charge in [-0.15, -0.1) is 0 Å². The summed E-state index contributed by atoms with van der Waals surface area (Å²) >= 11 is 0. The molecule has 0 aliphatic heterocycles. The van der Waals surface area contributed by atoms with Gasteiger partial charge in [-0.1, -0.05) is 91.0 Å². The van der Waals surface area contributed by atoms with Crippen LogP contribution in [-0.4, -0.2) is 14.5 Å². The molecule has 3 aromatic heterocycles. The van der Waals surface area contributed by atoms with E-state index in [4.69, 9.17) is 14.4 Å². The Morgan fingerprint density at radius 2 is 1.18 bits per heavy atom. The van der Waals surface area contributed by atoms with E-state index in [1.807, 2.05) is 66.7 Å². The molecule has 8 aromatic rings. The molecular formula is C35H20N4O. The van der Waals surface area contributed by atoms with Crippen LogP contribution in [0.15, 0.2) is 126 Å². The van der Waals surface area contributed by atoms with Crippen LogP contribution >= 0.6 is 0 Å². The summed E-state index contributed by atoms with van der Waals surface area (Å²) in [7, 11) is 0. The third kappa shape index (κ3) is 3.27. The Morgan fingerprint density at radius 1 is 0.575 bits per heavy atom. The van der Waals surface area contributed by atoms with Crippen molar-refractivity contribution in [1.29, 1.82) is 5.26 Å². The summed E-state index contributed by atoms with van der Waals surface area (Å²) in [5.74, 6) is 0.583. The molecule has 0 spiro atoms. The summed E-state index contributed by atoms with van der Waals surface area (Å²) in [6, 6.07) is 42.8. The molecule has 0 N–H and O–H groups in total. The summed E-state index contributed by atoms with van der Waals surface area (Å²) in [5.41, 5.74) is 7.29. The van der Waals surface area contributed by atoms with E-state index in [0.29, 0.717) is 22.7 Å². The minimum absolute atomic E-state index is 0.512. The first-order chi connectivity index (χ1) is 19.8.